The van der Waals surface area contributed by atoms with Crippen LogP contribution in [0.15, 0.2) is 66.6 Å². The van der Waals surface area contributed by atoms with E-state index in [1.807, 2.05) is 54.6 Å². The van der Waals surface area contributed by atoms with E-state index < -0.39 is 5.97 Å². The van der Waals surface area contributed by atoms with E-state index in [2.05, 4.69) is 0 Å². The molecule has 0 saturated carbocycles. The fourth-order valence-corrected chi connectivity index (χ4v) is 2.05. The quantitative estimate of drug-likeness (QED) is 0.675. The number of rotatable bonds is 5. The Labute approximate surface area is 123 Å². The number of carboxylic acids is 1. The molecule has 4 heteroatoms. The maximum atomic E-state index is 11.3. The monoisotopic (exact) mass is 283 g/mol. The first-order chi connectivity index (χ1) is 10.1. The molecule has 0 aliphatic carbocycles. The van der Waals surface area contributed by atoms with Gasteiger partial charge in [-0.2, -0.15) is 0 Å². The average Bonchev–Trinajstić information content (AvgIpc) is 2.52. The van der Waals surface area contributed by atoms with Crippen molar-refractivity contribution in [3.63, 3.8) is 0 Å². The SMILES string of the molecule is COC=C(C(=O)O)N(C)c1cccc(-c2ccccc2)c1. The van der Waals surface area contributed by atoms with E-state index in [1.165, 1.54) is 13.4 Å². The molecule has 0 atom stereocenters. The van der Waals surface area contributed by atoms with Gasteiger partial charge >= 0.3 is 5.97 Å². The fourth-order valence-electron chi connectivity index (χ4n) is 2.05. The number of carboxylic acid groups (broad SMARTS) is 1. The second-order valence-electron chi connectivity index (χ2n) is 4.52. The van der Waals surface area contributed by atoms with Crippen LogP contribution in [0.5, 0.6) is 0 Å². The van der Waals surface area contributed by atoms with Gasteiger partial charge in [-0.1, -0.05) is 42.5 Å². The minimum Gasteiger partial charge on any atom is -0.502 e. The van der Waals surface area contributed by atoms with Gasteiger partial charge in [0.2, 0.25) is 0 Å². The lowest BCUT2D eigenvalue weighted by atomic mass is 10.0. The molecule has 0 unspecified atom stereocenters. The molecular formula is C17H17NO3. The number of carbonyl (C=O) groups is 1. The van der Waals surface area contributed by atoms with E-state index in [4.69, 9.17) is 4.74 Å². The zero-order chi connectivity index (χ0) is 15.2. The van der Waals surface area contributed by atoms with E-state index in [0.29, 0.717) is 0 Å². The van der Waals surface area contributed by atoms with Crippen molar-refractivity contribution in [2.24, 2.45) is 0 Å². The number of ether oxygens (including phenoxy) is 1. The molecule has 2 aromatic rings. The molecular weight excluding hydrogens is 266 g/mol. The molecule has 0 aromatic heterocycles. The molecule has 0 spiro atoms. The third kappa shape index (κ3) is 3.42. The number of anilines is 1. The molecule has 0 aliphatic rings. The predicted octanol–water partition coefficient (Wildman–Crippen LogP) is 3.36. The minimum absolute atomic E-state index is 0.0720. The topological polar surface area (TPSA) is 49.8 Å². The molecule has 4 nitrogen and oxygen atoms in total. The van der Waals surface area contributed by atoms with E-state index in [9.17, 15) is 9.90 Å². The molecule has 0 amide bonds. The molecule has 0 heterocycles. The van der Waals surface area contributed by atoms with Gasteiger partial charge in [0.1, 0.15) is 6.26 Å². The summed E-state index contributed by atoms with van der Waals surface area (Å²) < 4.78 is 4.84. The highest BCUT2D eigenvalue weighted by molar-refractivity contribution is 5.91. The lowest BCUT2D eigenvalue weighted by Gasteiger charge is -2.20. The first-order valence-electron chi connectivity index (χ1n) is 6.49. The first-order valence-corrected chi connectivity index (χ1v) is 6.49. The summed E-state index contributed by atoms with van der Waals surface area (Å²) in [4.78, 5) is 12.9. The summed E-state index contributed by atoms with van der Waals surface area (Å²) in [5.41, 5.74) is 2.97. The number of nitrogens with zero attached hydrogens (tertiary/aromatic N) is 1. The molecule has 108 valence electrons. The van der Waals surface area contributed by atoms with Gasteiger partial charge in [-0.15, -0.1) is 0 Å². The molecule has 0 aliphatic heterocycles. The van der Waals surface area contributed by atoms with Gasteiger partial charge in [-0.3, -0.25) is 0 Å². The largest absolute Gasteiger partial charge is 0.502 e. The highest BCUT2D eigenvalue weighted by atomic mass is 16.5. The zero-order valence-corrected chi connectivity index (χ0v) is 12.0. The van der Waals surface area contributed by atoms with E-state index in [1.54, 1.807) is 11.9 Å². The zero-order valence-electron chi connectivity index (χ0n) is 12.0. The van der Waals surface area contributed by atoms with Crippen LogP contribution >= 0.6 is 0 Å². The lowest BCUT2D eigenvalue weighted by molar-refractivity contribution is -0.132. The van der Waals surface area contributed by atoms with Crippen LogP contribution in [0.2, 0.25) is 0 Å². The summed E-state index contributed by atoms with van der Waals surface area (Å²) in [6.07, 6.45) is 1.22. The minimum atomic E-state index is -1.04. The number of aliphatic carboxylic acids is 1. The van der Waals surface area contributed by atoms with Gasteiger partial charge in [0.15, 0.2) is 5.70 Å². The number of methoxy groups -OCH3 is 1. The first kappa shape index (κ1) is 14.7. The van der Waals surface area contributed by atoms with Crippen molar-refractivity contribution in [2.45, 2.75) is 0 Å². The second kappa shape index (κ2) is 6.61. The van der Waals surface area contributed by atoms with Gasteiger partial charge in [0.05, 0.1) is 7.11 Å². The maximum absolute atomic E-state index is 11.3. The van der Waals surface area contributed by atoms with Gasteiger partial charge in [0, 0.05) is 12.7 Å². The standard InChI is InChI=1S/C17H17NO3/c1-18(16(12-21-2)17(19)20)15-10-6-9-14(11-15)13-7-4-3-5-8-13/h3-12H,1-2H3,(H,19,20). The smallest absolute Gasteiger partial charge is 0.355 e. The summed E-state index contributed by atoms with van der Waals surface area (Å²) in [6, 6.07) is 17.6. The lowest BCUT2D eigenvalue weighted by Crippen LogP contribution is -2.23. The van der Waals surface area contributed by atoms with E-state index in [-0.39, 0.29) is 5.70 Å². The molecule has 21 heavy (non-hydrogen) atoms. The molecule has 1 N–H and O–H groups in total. The Hall–Kier alpha value is -2.75. The van der Waals surface area contributed by atoms with Crippen LogP contribution in [-0.2, 0) is 9.53 Å². The Kier molecular flexibility index (Phi) is 4.61. The number of likely N-dealkylation sites (N-methyl/N-ethyl adjacent to an activating group) is 1. The van der Waals surface area contributed by atoms with E-state index in [0.717, 1.165) is 16.8 Å². The van der Waals surface area contributed by atoms with Crippen molar-refractivity contribution in [1.29, 1.82) is 0 Å². The second-order valence-corrected chi connectivity index (χ2v) is 4.52. The maximum Gasteiger partial charge on any atom is 0.355 e. The Bertz CT molecular complexity index is 650. The van der Waals surface area contributed by atoms with Crippen LogP contribution in [0.1, 0.15) is 0 Å². The van der Waals surface area contributed by atoms with Crippen LogP contribution in [0, 0.1) is 0 Å². The molecule has 0 fully saturated rings. The van der Waals surface area contributed by atoms with Gasteiger partial charge in [0.25, 0.3) is 0 Å². The van der Waals surface area contributed by atoms with Gasteiger partial charge < -0.3 is 14.7 Å². The number of hydrogen-bond acceptors (Lipinski definition) is 3. The van der Waals surface area contributed by atoms with Crippen molar-refractivity contribution in [3.05, 3.63) is 66.6 Å². The van der Waals surface area contributed by atoms with Crippen molar-refractivity contribution in [3.8, 4) is 11.1 Å². The third-order valence-electron chi connectivity index (χ3n) is 3.15. The normalized spacial score (nSPS) is 11.0. The molecule has 2 rings (SSSR count). The summed E-state index contributed by atoms with van der Waals surface area (Å²) in [5, 5.41) is 9.23. The molecule has 0 bridgehead atoms. The fraction of sp³-hybridized carbons (Fsp3) is 0.118. The third-order valence-corrected chi connectivity index (χ3v) is 3.15. The van der Waals surface area contributed by atoms with Crippen molar-refractivity contribution >= 4 is 11.7 Å². The van der Waals surface area contributed by atoms with Crippen LogP contribution in [0.4, 0.5) is 5.69 Å². The number of benzene rings is 2. The van der Waals surface area contributed by atoms with Crippen LogP contribution in [0.25, 0.3) is 11.1 Å². The van der Waals surface area contributed by atoms with Gasteiger partial charge in [-0.25, -0.2) is 4.79 Å². The summed E-state index contributed by atoms with van der Waals surface area (Å²) >= 11 is 0. The molecule has 2 aromatic carbocycles. The summed E-state index contributed by atoms with van der Waals surface area (Å²) in [6.45, 7) is 0. The van der Waals surface area contributed by atoms with Crippen LogP contribution in [-0.4, -0.2) is 25.2 Å². The Morgan fingerprint density at radius 2 is 1.76 bits per heavy atom. The molecule has 0 saturated heterocycles. The Balaban J connectivity index is 2.37. The number of hydrogen-bond donors (Lipinski definition) is 1. The predicted molar refractivity (Wildman–Crippen MR) is 83.0 cm³/mol. The van der Waals surface area contributed by atoms with Gasteiger partial charge in [-0.05, 0) is 23.3 Å². The van der Waals surface area contributed by atoms with Crippen molar-refractivity contribution in [2.75, 3.05) is 19.1 Å². The van der Waals surface area contributed by atoms with Crippen LogP contribution in [0.3, 0.4) is 0 Å². The Morgan fingerprint density at radius 1 is 1.10 bits per heavy atom. The van der Waals surface area contributed by atoms with Crippen LogP contribution < -0.4 is 4.90 Å². The van der Waals surface area contributed by atoms with Crippen molar-refractivity contribution < 1.29 is 14.6 Å². The highest BCUT2D eigenvalue weighted by Gasteiger charge is 2.15. The highest BCUT2D eigenvalue weighted by Crippen LogP contribution is 2.25. The summed E-state index contributed by atoms with van der Waals surface area (Å²) in [7, 11) is 3.13. The van der Waals surface area contributed by atoms with Crippen molar-refractivity contribution in [1.82, 2.24) is 0 Å². The molecule has 0 radical (unpaired) electrons. The van der Waals surface area contributed by atoms with E-state index >= 15 is 0 Å². The average molecular weight is 283 g/mol. The Morgan fingerprint density at radius 3 is 2.38 bits per heavy atom. The summed E-state index contributed by atoms with van der Waals surface area (Å²) in [5.74, 6) is -1.04.